The lowest BCUT2D eigenvalue weighted by Crippen LogP contribution is -1.85. The lowest BCUT2D eigenvalue weighted by atomic mass is 10.2. The molecule has 0 radical (unpaired) electrons. The molecule has 4 nitrogen and oxygen atoms in total. The molecule has 0 atom stereocenters. The molecule has 0 amide bonds. The van der Waals surface area contributed by atoms with E-state index in [4.69, 9.17) is 19.9 Å². The van der Waals surface area contributed by atoms with Crippen LogP contribution in [-0.2, 0) is 0 Å². The summed E-state index contributed by atoms with van der Waals surface area (Å²) in [6, 6.07) is 1.91. The third-order valence-corrected chi connectivity index (χ3v) is 1.32. The predicted molar refractivity (Wildman–Crippen MR) is 45.4 cm³/mol. The van der Waals surface area contributed by atoms with Crippen molar-refractivity contribution in [1.82, 2.24) is 0 Å². The Hall–Kier alpha value is -1.51. The Morgan fingerprint density at radius 1 is 1.67 bits per heavy atom. The number of rotatable bonds is 2. The van der Waals surface area contributed by atoms with Crippen LogP contribution in [0, 0.1) is 0 Å². The molecule has 0 spiro atoms. The van der Waals surface area contributed by atoms with Gasteiger partial charge in [0.25, 0.3) is 5.24 Å². The molecule has 0 aliphatic carbocycles. The summed E-state index contributed by atoms with van der Waals surface area (Å²) in [6.45, 7) is 0. The smallest absolute Gasteiger partial charge is 0.252 e. The van der Waals surface area contributed by atoms with Gasteiger partial charge in [0.2, 0.25) is 0 Å². The minimum atomic E-state index is -0.750. The Morgan fingerprint density at radius 2 is 2.25 bits per heavy atom. The predicted octanol–water partition coefficient (Wildman–Crippen LogP) is 3.01. The van der Waals surface area contributed by atoms with Crippen LogP contribution in [0.3, 0.4) is 0 Å². The van der Waals surface area contributed by atoms with Gasteiger partial charge in [-0.3, -0.25) is 4.79 Å². The van der Waals surface area contributed by atoms with Crippen LogP contribution in [0.2, 0.25) is 0 Å². The first-order chi connectivity index (χ1) is 6.56. The fourth-order valence-corrected chi connectivity index (χ4v) is 0.701. The van der Waals surface area contributed by atoms with Gasteiger partial charge in [0.05, 0.1) is 2.74 Å². The number of hydrogen-bond acceptors (Lipinski definition) is 2. The number of nitrogens with zero attached hydrogens (tertiary/aromatic N) is 3. The number of halogens is 1. The van der Waals surface area contributed by atoms with Crippen LogP contribution in [0.4, 0.5) is 5.69 Å². The van der Waals surface area contributed by atoms with Crippen molar-refractivity contribution in [3.63, 3.8) is 0 Å². The van der Waals surface area contributed by atoms with Crippen LogP contribution < -0.4 is 0 Å². The summed E-state index contributed by atoms with van der Waals surface area (Å²) in [5.74, 6) is 0. The second-order valence-corrected chi connectivity index (χ2v) is 2.19. The van der Waals surface area contributed by atoms with E-state index in [0.29, 0.717) is 0 Å². The monoisotopic (exact) mass is 185 g/mol. The summed E-state index contributed by atoms with van der Waals surface area (Å²) in [7, 11) is 0. The molecule has 60 valence electrons. The maximum Gasteiger partial charge on any atom is 0.252 e. The highest BCUT2D eigenvalue weighted by Crippen LogP contribution is 2.13. The van der Waals surface area contributed by atoms with Crippen LogP contribution in [0.15, 0.2) is 29.3 Å². The molecule has 12 heavy (non-hydrogen) atoms. The first-order valence-electron chi connectivity index (χ1n) is 3.92. The lowest BCUT2D eigenvalue weighted by molar-refractivity contribution is 0.108. The number of hydrogen-bond donors (Lipinski definition) is 0. The zero-order valence-corrected chi connectivity index (χ0v) is 6.54. The van der Waals surface area contributed by atoms with E-state index in [0.717, 1.165) is 12.1 Å². The molecule has 0 heterocycles. The van der Waals surface area contributed by atoms with Crippen molar-refractivity contribution in [3.05, 3.63) is 40.2 Å². The van der Waals surface area contributed by atoms with E-state index in [2.05, 4.69) is 10.0 Å². The summed E-state index contributed by atoms with van der Waals surface area (Å²) in [4.78, 5) is 13.2. The van der Waals surface area contributed by atoms with Crippen LogP contribution >= 0.6 is 11.6 Å². The van der Waals surface area contributed by atoms with Gasteiger partial charge < -0.3 is 0 Å². The molecule has 1 aromatic carbocycles. The molecule has 5 heteroatoms. The summed E-state index contributed by atoms with van der Waals surface area (Å²) in [6.07, 6.45) is 0. The highest BCUT2D eigenvalue weighted by Gasteiger charge is 1.98. The number of carbonyl (C=O) groups excluding carboxylic acids is 1. The molecule has 0 unspecified atom stereocenters. The van der Waals surface area contributed by atoms with E-state index in [1.54, 1.807) is 0 Å². The average Bonchev–Trinajstić information content (AvgIpc) is 2.10. The van der Waals surface area contributed by atoms with Crippen molar-refractivity contribution >= 4 is 22.5 Å². The summed E-state index contributed by atoms with van der Waals surface area (Å²) >= 11 is 5.17. The molecule has 0 aliphatic heterocycles. The molecule has 0 saturated heterocycles. The Labute approximate surface area is 76.2 Å². The van der Waals surface area contributed by atoms with Gasteiger partial charge in [0.1, 0.15) is 0 Å². The topological polar surface area (TPSA) is 65.8 Å². The summed E-state index contributed by atoms with van der Waals surface area (Å²) < 4.78 is 14.7. The van der Waals surface area contributed by atoms with Crippen LogP contribution in [0.5, 0.6) is 0 Å². The normalized spacial score (nSPS) is 11.1. The van der Waals surface area contributed by atoms with Gasteiger partial charge in [-0.25, -0.2) is 0 Å². The molecule has 0 bridgehead atoms. The second-order valence-electron chi connectivity index (χ2n) is 1.84. The zero-order chi connectivity index (χ0) is 10.7. The summed E-state index contributed by atoms with van der Waals surface area (Å²) in [5, 5.41) is 2.41. The van der Waals surface area contributed by atoms with Crippen LogP contribution in [-0.4, -0.2) is 5.24 Å². The van der Waals surface area contributed by atoms with E-state index in [1.165, 1.54) is 0 Å². The van der Waals surface area contributed by atoms with Gasteiger partial charge in [-0.1, -0.05) is 17.2 Å². The fourth-order valence-electron chi connectivity index (χ4n) is 0.591. The number of carbonyl (C=O) groups is 1. The van der Waals surface area contributed by atoms with Gasteiger partial charge in [0.15, 0.2) is 0 Å². The fraction of sp³-hybridized carbons (Fsp3) is 0. The molecular formula is C7H4ClN3O. The van der Waals surface area contributed by atoms with Crippen molar-refractivity contribution in [2.75, 3.05) is 0 Å². The Balaban J connectivity index is 3.39. The molecule has 0 N–H and O–H groups in total. The van der Waals surface area contributed by atoms with Crippen molar-refractivity contribution < 1.29 is 7.54 Å². The largest absolute Gasteiger partial charge is 0.276 e. The van der Waals surface area contributed by atoms with Gasteiger partial charge in [-0.05, 0) is 29.3 Å². The third-order valence-electron chi connectivity index (χ3n) is 1.10. The van der Waals surface area contributed by atoms with Crippen LogP contribution in [0.1, 0.15) is 13.1 Å². The first kappa shape index (κ1) is 6.06. The molecule has 0 saturated carbocycles. The van der Waals surface area contributed by atoms with Crippen LogP contribution in [0.25, 0.3) is 10.4 Å². The maximum absolute atomic E-state index is 10.7. The van der Waals surface area contributed by atoms with E-state index < -0.39 is 5.24 Å². The molecular weight excluding hydrogens is 178 g/mol. The van der Waals surface area contributed by atoms with E-state index >= 15 is 0 Å². The van der Waals surface area contributed by atoms with Crippen molar-refractivity contribution in [3.8, 4) is 0 Å². The SMILES string of the molecule is [3H]c1cc(C(=O)Cl)cc([3H])c1N=[N+]=[N-]. The van der Waals surface area contributed by atoms with Crippen molar-refractivity contribution in [2.45, 2.75) is 0 Å². The van der Waals surface area contributed by atoms with Crippen molar-refractivity contribution in [1.29, 1.82) is 0 Å². The Kier molecular flexibility index (Phi) is 1.90. The minimum absolute atomic E-state index is 0.0403. The number of azide groups is 1. The molecule has 0 aliphatic rings. The van der Waals surface area contributed by atoms with Gasteiger partial charge in [-0.15, -0.1) is 0 Å². The van der Waals surface area contributed by atoms with Crippen molar-refractivity contribution in [2.24, 2.45) is 5.11 Å². The molecule has 1 aromatic rings. The highest BCUT2D eigenvalue weighted by molar-refractivity contribution is 6.67. The first-order valence-corrected chi connectivity index (χ1v) is 3.30. The quantitative estimate of drug-likeness (QED) is 0.302. The zero-order valence-electron chi connectivity index (χ0n) is 7.78. The standard InChI is InChI=1S/C7H4ClN3O/c8-7(12)5-1-3-6(4-2-5)10-11-9/h1-4H/i3T,4T. The molecule has 1 rings (SSSR count). The van der Waals surface area contributed by atoms with E-state index in [1.807, 2.05) is 0 Å². The average molecular weight is 186 g/mol. The molecule has 0 aromatic heterocycles. The lowest BCUT2D eigenvalue weighted by Gasteiger charge is -1.92. The summed E-state index contributed by atoms with van der Waals surface area (Å²) in [5.41, 5.74) is 8.07. The Bertz CT molecular complexity index is 420. The van der Waals surface area contributed by atoms with Gasteiger partial charge in [0, 0.05) is 16.2 Å². The number of benzene rings is 1. The molecule has 0 fully saturated rings. The van der Waals surface area contributed by atoms with E-state index in [9.17, 15) is 4.79 Å². The van der Waals surface area contributed by atoms with Gasteiger partial charge in [-0.2, -0.15) is 0 Å². The third kappa shape index (κ3) is 1.99. The highest BCUT2D eigenvalue weighted by atomic mass is 35.5. The maximum atomic E-state index is 10.7. The van der Waals surface area contributed by atoms with Gasteiger partial charge >= 0.3 is 0 Å². The Morgan fingerprint density at radius 3 is 2.67 bits per heavy atom. The van der Waals surface area contributed by atoms with E-state index in [-0.39, 0.29) is 23.3 Å². The minimum Gasteiger partial charge on any atom is -0.276 e. The second kappa shape index (κ2) is 3.76.